The average molecular weight is 351 g/mol. The number of aromatic nitrogens is 1. The highest BCUT2D eigenvalue weighted by Gasteiger charge is 2.24. The van der Waals surface area contributed by atoms with E-state index in [0.29, 0.717) is 15.7 Å². The van der Waals surface area contributed by atoms with Gasteiger partial charge in [0.05, 0.1) is 10.0 Å². The van der Waals surface area contributed by atoms with Gasteiger partial charge < -0.3 is 15.5 Å². The van der Waals surface area contributed by atoms with Crippen molar-refractivity contribution in [3.05, 3.63) is 52.6 Å². The lowest BCUT2D eigenvalue weighted by atomic mass is 10.3. The molecular formula is C16H16Cl2N4O. The van der Waals surface area contributed by atoms with Gasteiger partial charge in [-0.3, -0.25) is 0 Å². The number of nitrogens with one attached hydrogen (secondary N) is 2. The van der Waals surface area contributed by atoms with Crippen molar-refractivity contribution in [1.82, 2.24) is 10.3 Å². The molecule has 0 unspecified atom stereocenters. The molecule has 0 saturated carbocycles. The van der Waals surface area contributed by atoms with Gasteiger partial charge in [0.25, 0.3) is 0 Å². The van der Waals surface area contributed by atoms with Crippen molar-refractivity contribution in [1.29, 1.82) is 0 Å². The SMILES string of the molecule is O=C(Nc1ccc(Cl)c(Cl)c1)N[C@@H]1CCN(c2ccccn2)C1. The molecule has 2 aromatic rings. The number of carbonyl (C=O) groups excluding carboxylic acids is 1. The van der Waals surface area contributed by atoms with Crippen LogP contribution in [0, 0.1) is 0 Å². The Balaban J connectivity index is 1.53. The predicted octanol–water partition coefficient (Wildman–Crippen LogP) is 3.79. The van der Waals surface area contributed by atoms with Gasteiger partial charge in [0.2, 0.25) is 0 Å². The first kappa shape index (κ1) is 15.9. The molecule has 2 N–H and O–H groups in total. The molecule has 0 bridgehead atoms. The van der Waals surface area contributed by atoms with Gasteiger partial charge in [-0.1, -0.05) is 29.3 Å². The maximum absolute atomic E-state index is 12.1. The molecule has 120 valence electrons. The van der Waals surface area contributed by atoms with E-state index in [9.17, 15) is 4.79 Å². The molecule has 1 aliphatic rings. The molecule has 3 rings (SSSR count). The van der Waals surface area contributed by atoms with Gasteiger partial charge in [-0.05, 0) is 36.8 Å². The number of amides is 2. The third kappa shape index (κ3) is 4.06. The molecule has 1 aromatic heterocycles. The van der Waals surface area contributed by atoms with Crippen molar-refractivity contribution in [3.63, 3.8) is 0 Å². The van der Waals surface area contributed by atoms with E-state index in [0.717, 1.165) is 25.3 Å². The van der Waals surface area contributed by atoms with Gasteiger partial charge in [-0.15, -0.1) is 0 Å². The quantitative estimate of drug-likeness (QED) is 0.885. The van der Waals surface area contributed by atoms with Gasteiger partial charge in [0.15, 0.2) is 0 Å². The second-order valence-corrected chi connectivity index (χ2v) is 6.16. The Morgan fingerprint density at radius 2 is 2.09 bits per heavy atom. The van der Waals surface area contributed by atoms with Crippen molar-refractivity contribution < 1.29 is 4.79 Å². The molecular weight excluding hydrogens is 335 g/mol. The van der Waals surface area contributed by atoms with E-state index >= 15 is 0 Å². The first-order chi connectivity index (χ1) is 11.1. The van der Waals surface area contributed by atoms with E-state index in [1.165, 1.54) is 0 Å². The summed E-state index contributed by atoms with van der Waals surface area (Å²) in [5.74, 6) is 0.932. The largest absolute Gasteiger partial charge is 0.354 e. The van der Waals surface area contributed by atoms with Crippen LogP contribution in [-0.4, -0.2) is 30.1 Å². The van der Waals surface area contributed by atoms with Crippen LogP contribution < -0.4 is 15.5 Å². The summed E-state index contributed by atoms with van der Waals surface area (Å²) < 4.78 is 0. The third-order valence-corrected chi connectivity index (χ3v) is 4.41. The van der Waals surface area contributed by atoms with Crippen LogP contribution in [0.15, 0.2) is 42.6 Å². The van der Waals surface area contributed by atoms with E-state index < -0.39 is 0 Å². The molecule has 1 aromatic carbocycles. The number of benzene rings is 1. The lowest BCUT2D eigenvalue weighted by Crippen LogP contribution is -2.39. The number of rotatable bonds is 3. The normalized spacial score (nSPS) is 17.1. The van der Waals surface area contributed by atoms with E-state index in [1.807, 2.05) is 18.2 Å². The summed E-state index contributed by atoms with van der Waals surface area (Å²) in [6.07, 6.45) is 2.65. The highest BCUT2D eigenvalue weighted by molar-refractivity contribution is 6.42. The molecule has 5 nitrogen and oxygen atoms in total. The zero-order chi connectivity index (χ0) is 16.2. The predicted molar refractivity (Wildman–Crippen MR) is 93.5 cm³/mol. The Labute approximate surface area is 144 Å². The number of hydrogen-bond donors (Lipinski definition) is 2. The van der Waals surface area contributed by atoms with E-state index in [-0.39, 0.29) is 12.1 Å². The van der Waals surface area contributed by atoms with Crippen LogP contribution in [0.2, 0.25) is 10.0 Å². The highest BCUT2D eigenvalue weighted by atomic mass is 35.5. The molecule has 2 heterocycles. The maximum atomic E-state index is 12.1. The molecule has 1 atom stereocenters. The standard InChI is InChI=1S/C16H16Cl2N4O/c17-13-5-4-11(9-14(13)18)20-16(23)21-12-6-8-22(10-12)15-3-1-2-7-19-15/h1-5,7,9,12H,6,8,10H2,(H2,20,21,23)/t12-/m1/s1. The topological polar surface area (TPSA) is 57.3 Å². The summed E-state index contributed by atoms with van der Waals surface area (Å²) in [5, 5.41) is 6.60. The van der Waals surface area contributed by atoms with Gasteiger partial charge >= 0.3 is 6.03 Å². The van der Waals surface area contributed by atoms with E-state index in [2.05, 4.69) is 20.5 Å². The first-order valence-corrected chi connectivity index (χ1v) is 8.06. The average Bonchev–Trinajstić information content (AvgIpc) is 3.00. The molecule has 23 heavy (non-hydrogen) atoms. The lowest BCUT2D eigenvalue weighted by Gasteiger charge is -2.18. The van der Waals surface area contributed by atoms with Crippen molar-refractivity contribution >= 4 is 40.7 Å². The summed E-state index contributed by atoms with van der Waals surface area (Å²) in [6, 6.07) is 10.6. The first-order valence-electron chi connectivity index (χ1n) is 7.30. The number of halogens is 2. The molecule has 0 aliphatic carbocycles. The number of urea groups is 1. The zero-order valence-electron chi connectivity index (χ0n) is 12.3. The Bertz CT molecular complexity index is 696. The van der Waals surface area contributed by atoms with Crippen LogP contribution in [0.25, 0.3) is 0 Å². The summed E-state index contributed by atoms with van der Waals surface area (Å²) >= 11 is 11.8. The Hall–Kier alpha value is -1.98. The lowest BCUT2D eigenvalue weighted by molar-refractivity contribution is 0.249. The molecule has 2 amide bonds. The molecule has 7 heteroatoms. The van der Waals surface area contributed by atoms with Crippen LogP contribution in [0.4, 0.5) is 16.3 Å². The number of pyridine rings is 1. The second kappa shape index (κ2) is 7.06. The summed E-state index contributed by atoms with van der Waals surface area (Å²) in [4.78, 5) is 18.6. The van der Waals surface area contributed by atoms with Crippen LogP contribution in [-0.2, 0) is 0 Å². The highest BCUT2D eigenvalue weighted by Crippen LogP contribution is 2.25. The molecule has 1 fully saturated rings. The summed E-state index contributed by atoms with van der Waals surface area (Å²) in [7, 11) is 0. The van der Waals surface area contributed by atoms with Gasteiger partial charge in [-0.25, -0.2) is 9.78 Å². The molecule has 0 radical (unpaired) electrons. The minimum absolute atomic E-state index is 0.0831. The fourth-order valence-electron chi connectivity index (χ4n) is 2.55. The third-order valence-electron chi connectivity index (χ3n) is 3.67. The second-order valence-electron chi connectivity index (χ2n) is 5.35. The fraction of sp³-hybridized carbons (Fsp3) is 0.250. The summed E-state index contributed by atoms with van der Waals surface area (Å²) in [5.41, 5.74) is 0.608. The minimum Gasteiger partial charge on any atom is -0.354 e. The monoisotopic (exact) mass is 350 g/mol. The number of nitrogens with zero attached hydrogens (tertiary/aromatic N) is 2. The van der Waals surface area contributed by atoms with Gasteiger partial charge in [0.1, 0.15) is 5.82 Å². The van der Waals surface area contributed by atoms with Crippen LogP contribution in [0.3, 0.4) is 0 Å². The van der Waals surface area contributed by atoms with Crippen molar-refractivity contribution in [2.24, 2.45) is 0 Å². The number of hydrogen-bond acceptors (Lipinski definition) is 3. The van der Waals surface area contributed by atoms with Crippen molar-refractivity contribution in [2.45, 2.75) is 12.5 Å². The minimum atomic E-state index is -0.253. The Morgan fingerprint density at radius 3 is 2.83 bits per heavy atom. The number of anilines is 2. The summed E-state index contributed by atoms with van der Waals surface area (Å²) in [6.45, 7) is 1.61. The Morgan fingerprint density at radius 1 is 1.22 bits per heavy atom. The van der Waals surface area contributed by atoms with Crippen LogP contribution in [0.1, 0.15) is 6.42 Å². The number of carbonyl (C=O) groups is 1. The zero-order valence-corrected chi connectivity index (χ0v) is 13.8. The van der Waals surface area contributed by atoms with Crippen molar-refractivity contribution in [2.75, 3.05) is 23.3 Å². The molecule has 1 aliphatic heterocycles. The molecule has 1 saturated heterocycles. The van der Waals surface area contributed by atoms with Crippen molar-refractivity contribution in [3.8, 4) is 0 Å². The van der Waals surface area contributed by atoms with Crippen LogP contribution in [0.5, 0.6) is 0 Å². The van der Waals surface area contributed by atoms with Gasteiger partial charge in [-0.2, -0.15) is 0 Å². The smallest absolute Gasteiger partial charge is 0.319 e. The molecule has 0 spiro atoms. The van der Waals surface area contributed by atoms with E-state index in [4.69, 9.17) is 23.2 Å². The Kier molecular flexibility index (Phi) is 4.88. The van der Waals surface area contributed by atoms with Crippen LogP contribution >= 0.6 is 23.2 Å². The van der Waals surface area contributed by atoms with E-state index in [1.54, 1.807) is 24.4 Å². The fourth-order valence-corrected chi connectivity index (χ4v) is 2.85. The van der Waals surface area contributed by atoms with Gasteiger partial charge in [0, 0.05) is 31.0 Å². The maximum Gasteiger partial charge on any atom is 0.319 e.